The quantitative estimate of drug-likeness (QED) is 0.441. The van der Waals surface area contributed by atoms with Crippen LogP contribution in [-0.2, 0) is 6.42 Å². The second-order valence-electron chi connectivity index (χ2n) is 8.40. The molecule has 0 spiro atoms. The lowest BCUT2D eigenvalue weighted by molar-refractivity contribution is 0.304. The van der Waals surface area contributed by atoms with Crippen LogP contribution in [0.5, 0.6) is 0 Å². The van der Waals surface area contributed by atoms with Crippen molar-refractivity contribution in [2.24, 2.45) is 5.92 Å². The minimum absolute atomic E-state index is 0.0677. The summed E-state index contributed by atoms with van der Waals surface area (Å²) in [6, 6.07) is 14.4. The summed E-state index contributed by atoms with van der Waals surface area (Å²) in [5.41, 5.74) is 4.27. The fourth-order valence-corrected chi connectivity index (χ4v) is 4.53. The zero-order valence-corrected chi connectivity index (χ0v) is 17.1. The average Bonchev–Trinajstić information content (AvgIpc) is 2.71. The van der Waals surface area contributed by atoms with E-state index in [1.165, 1.54) is 68.9 Å². The van der Waals surface area contributed by atoms with Gasteiger partial charge in [0.25, 0.3) is 0 Å². The molecule has 1 saturated carbocycles. The van der Waals surface area contributed by atoms with Gasteiger partial charge in [-0.3, -0.25) is 0 Å². The molecule has 0 nitrogen and oxygen atoms in total. The van der Waals surface area contributed by atoms with Crippen LogP contribution >= 0.6 is 0 Å². The summed E-state index contributed by atoms with van der Waals surface area (Å²) >= 11 is 0. The van der Waals surface area contributed by atoms with Gasteiger partial charge < -0.3 is 0 Å². The third-order valence-electron chi connectivity index (χ3n) is 6.36. The molecule has 146 valence electrons. The van der Waals surface area contributed by atoms with E-state index in [1.54, 1.807) is 6.07 Å². The monoisotopic (exact) mass is 366 g/mol. The second kappa shape index (κ2) is 10.1. The SMILES string of the molecule is CCCCc1ccc(-c2ccc(C3CCC(CCCC)CC3)cc2F)cc1. The largest absolute Gasteiger partial charge is 0.206 e. The molecule has 0 bridgehead atoms. The first-order chi connectivity index (χ1) is 13.2. The molecule has 3 rings (SSSR count). The fraction of sp³-hybridized carbons (Fsp3) is 0.538. The smallest absolute Gasteiger partial charge is 0.131 e. The maximum atomic E-state index is 14.8. The van der Waals surface area contributed by atoms with Gasteiger partial charge in [-0.15, -0.1) is 0 Å². The van der Waals surface area contributed by atoms with Crippen LogP contribution in [0.4, 0.5) is 4.39 Å². The molecule has 0 saturated heterocycles. The summed E-state index contributed by atoms with van der Waals surface area (Å²) in [7, 11) is 0. The Morgan fingerprint density at radius 1 is 0.852 bits per heavy atom. The van der Waals surface area contributed by atoms with Crippen LogP contribution in [-0.4, -0.2) is 0 Å². The van der Waals surface area contributed by atoms with E-state index in [-0.39, 0.29) is 5.82 Å². The van der Waals surface area contributed by atoms with Crippen molar-refractivity contribution in [3.05, 3.63) is 59.4 Å². The van der Waals surface area contributed by atoms with Gasteiger partial charge in [0.1, 0.15) is 5.82 Å². The van der Waals surface area contributed by atoms with E-state index in [4.69, 9.17) is 0 Å². The molecule has 2 aromatic rings. The van der Waals surface area contributed by atoms with E-state index >= 15 is 0 Å². The molecule has 0 radical (unpaired) electrons. The van der Waals surface area contributed by atoms with Crippen LogP contribution in [0.1, 0.15) is 88.7 Å². The summed E-state index contributed by atoms with van der Waals surface area (Å²) in [4.78, 5) is 0. The number of aryl methyl sites for hydroxylation is 1. The van der Waals surface area contributed by atoms with Gasteiger partial charge in [0, 0.05) is 5.56 Å². The Morgan fingerprint density at radius 3 is 2.19 bits per heavy atom. The number of hydrogen-bond donors (Lipinski definition) is 0. The number of rotatable bonds is 8. The molecule has 0 aliphatic heterocycles. The minimum atomic E-state index is -0.0677. The molecule has 0 unspecified atom stereocenters. The van der Waals surface area contributed by atoms with Gasteiger partial charge in [0.05, 0.1) is 0 Å². The first-order valence-electron chi connectivity index (χ1n) is 11.1. The predicted molar refractivity (Wildman–Crippen MR) is 115 cm³/mol. The Kier molecular flexibility index (Phi) is 7.50. The van der Waals surface area contributed by atoms with Gasteiger partial charge >= 0.3 is 0 Å². The Labute approximate surface area is 165 Å². The highest BCUT2D eigenvalue weighted by Crippen LogP contribution is 2.38. The van der Waals surface area contributed by atoms with Crippen molar-refractivity contribution in [2.45, 2.75) is 84.0 Å². The molecular formula is C26H35F. The average molecular weight is 367 g/mol. The molecule has 0 aromatic heterocycles. The van der Waals surface area contributed by atoms with E-state index in [9.17, 15) is 4.39 Å². The molecule has 1 heteroatoms. The maximum absolute atomic E-state index is 14.8. The third kappa shape index (κ3) is 5.43. The van der Waals surface area contributed by atoms with Gasteiger partial charge in [-0.2, -0.15) is 0 Å². The Balaban J connectivity index is 1.64. The zero-order valence-electron chi connectivity index (χ0n) is 17.1. The van der Waals surface area contributed by atoms with Crippen molar-refractivity contribution >= 4 is 0 Å². The van der Waals surface area contributed by atoms with Crippen molar-refractivity contribution < 1.29 is 4.39 Å². The van der Waals surface area contributed by atoms with Gasteiger partial charge in [0.2, 0.25) is 0 Å². The van der Waals surface area contributed by atoms with E-state index in [0.29, 0.717) is 5.92 Å². The minimum Gasteiger partial charge on any atom is -0.206 e. The zero-order chi connectivity index (χ0) is 19.1. The van der Waals surface area contributed by atoms with E-state index in [1.807, 2.05) is 6.07 Å². The molecule has 27 heavy (non-hydrogen) atoms. The molecule has 1 fully saturated rings. The van der Waals surface area contributed by atoms with E-state index < -0.39 is 0 Å². The van der Waals surface area contributed by atoms with Crippen molar-refractivity contribution in [2.75, 3.05) is 0 Å². The standard InChI is InChI=1S/C26H35F/c1-3-5-7-20-9-13-22(14-10-20)24-17-18-25(26(27)19-24)23-15-11-21(12-16-23)8-6-4-2/h11-12,15-20,22H,3-10,13-14H2,1-2H3. The summed E-state index contributed by atoms with van der Waals surface area (Å²) in [5, 5.41) is 0. The van der Waals surface area contributed by atoms with Crippen molar-refractivity contribution in [1.82, 2.24) is 0 Å². The van der Waals surface area contributed by atoms with Crippen LogP contribution in [0, 0.1) is 11.7 Å². The summed E-state index contributed by atoms with van der Waals surface area (Å²) in [6.45, 7) is 4.48. The molecule has 2 aromatic carbocycles. The fourth-order valence-electron chi connectivity index (χ4n) is 4.53. The van der Waals surface area contributed by atoms with Gasteiger partial charge in [-0.25, -0.2) is 4.39 Å². The van der Waals surface area contributed by atoms with Crippen molar-refractivity contribution in [3.63, 3.8) is 0 Å². The number of hydrogen-bond acceptors (Lipinski definition) is 0. The van der Waals surface area contributed by atoms with E-state index in [2.05, 4.69) is 44.2 Å². The number of halogens is 1. The number of unbranched alkanes of at least 4 members (excludes halogenated alkanes) is 2. The van der Waals surface area contributed by atoms with Crippen LogP contribution in [0.15, 0.2) is 42.5 Å². The highest BCUT2D eigenvalue weighted by molar-refractivity contribution is 5.65. The van der Waals surface area contributed by atoms with Crippen molar-refractivity contribution in [3.8, 4) is 11.1 Å². The summed E-state index contributed by atoms with van der Waals surface area (Å²) < 4.78 is 14.8. The molecule has 0 atom stereocenters. The molecular weight excluding hydrogens is 331 g/mol. The van der Waals surface area contributed by atoms with Crippen LogP contribution in [0.3, 0.4) is 0 Å². The van der Waals surface area contributed by atoms with Crippen LogP contribution in [0.2, 0.25) is 0 Å². The maximum Gasteiger partial charge on any atom is 0.131 e. The molecule has 0 amide bonds. The summed E-state index contributed by atoms with van der Waals surface area (Å²) in [5.74, 6) is 1.38. The summed E-state index contributed by atoms with van der Waals surface area (Å²) in [6.07, 6.45) is 12.6. The molecule has 1 aliphatic carbocycles. The molecule has 0 N–H and O–H groups in total. The lowest BCUT2D eigenvalue weighted by atomic mass is 9.77. The lowest BCUT2D eigenvalue weighted by Crippen LogP contribution is -2.13. The predicted octanol–water partition coefficient (Wildman–Crippen LogP) is 8.30. The Bertz CT molecular complexity index is 693. The Hall–Kier alpha value is -1.63. The van der Waals surface area contributed by atoms with E-state index in [0.717, 1.165) is 23.5 Å². The van der Waals surface area contributed by atoms with Gasteiger partial charge in [-0.1, -0.05) is 75.9 Å². The first kappa shape index (κ1) is 20.1. The molecule has 1 aliphatic rings. The third-order valence-corrected chi connectivity index (χ3v) is 6.36. The van der Waals surface area contributed by atoms with Gasteiger partial charge in [0.15, 0.2) is 0 Å². The number of benzene rings is 2. The first-order valence-corrected chi connectivity index (χ1v) is 11.1. The Morgan fingerprint density at radius 2 is 1.56 bits per heavy atom. The van der Waals surface area contributed by atoms with Crippen LogP contribution < -0.4 is 0 Å². The van der Waals surface area contributed by atoms with Crippen molar-refractivity contribution in [1.29, 1.82) is 0 Å². The normalized spacial score (nSPS) is 20.0. The highest BCUT2D eigenvalue weighted by atomic mass is 19.1. The molecule has 0 heterocycles. The second-order valence-corrected chi connectivity index (χ2v) is 8.40. The topological polar surface area (TPSA) is 0 Å². The highest BCUT2D eigenvalue weighted by Gasteiger charge is 2.22. The van der Waals surface area contributed by atoms with Crippen LogP contribution in [0.25, 0.3) is 11.1 Å². The lowest BCUT2D eigenvalue weighted by Gasteiger charge is -2.29. The van der Waals surface area contributed by atoms with Gasteiger partial charge in [-0.05, 0) is 73.1 Å².